The second-order valence-corrected chi connectivity index (χ2v) is 5.03. The molecule has 1 aromatic rings. The molecule has 1 aromatic carbocycles. The Hall–Kier alpha value is -1.39. The van der Waals surface area contributed by atoms with Crippen LogP contribution in [0, 0.1) is 5.92 Å². The molecule has 2 N–H and O–H groups in total. The molecular weight excluding hydrogens is 242 g/mol. The van der Waals surface area contributed by atoms with Gasteiger partial charge in [-0.05, 0) is 36.4 Å². The van der Waals surface area contributed by atoms with E-state index in [2.05, 4.69) is 5.32 Å². The van der Waals surface area contributed by atoms with Crippen LogP contribution < -0.4 is 5.32 Å². The number of hydrogen-bond acceptors (Lipinski definition) is 3. The largest absolute Gasteiger partial charge is 0.481 e. The van der Waals surface area contributed by atoms with Gasteiger partial charge in [-0.1, -0.05) is 24.3 Å². The van der Waals surface area contributed by atoms with E-state index in [1.807, 2.05) is 24.3 Å². The number of nitrogens with one attached hydrogen (secondary N) is 1. The monoisotopic (exact) mass is 263 g/mol. The molecule has 19 heavy (non-hydrogen) atoms. The Bertz CT molecular complexity index is 414. The molecule has 0 spiro atoms. The maximum absolute atomic E-state index is 10.8. The zero-order valence-electron chi connectivity index (χ0n) is 11.1. The van der Waals surface area contributed by atoms with Crippen LogP contribution in [0.4, 0.5) is 0 Å². The minimum absolute atomic E-state index is 0.0916. The third-order valence-electron chi connectivity index (χ3n) is 3.53. The fourth-order valence-corrected chi connectivity index (χ4v) is 2.41. The van der Waals surface area contributed by atoms with Crippen molar-refractivity contribution in [3.05, 3.63) is 35.4 Å². The molecule has 1 aliphatic rings. The summed E-state index contributed by atoms with van der Waals surface area (Å²) in [4.78, 5) is 10.8. The molecule has 4 nitrogen and oxygen atoms in total. The van der Waals surface area contributed by atoms with Crippen LogP contribution in [0.5, 0.6) is 0 Å². The zero-order valence-corrected chi connectivity index (χ0v) is 11.1. The first kappa shape index (κ1) is 14.0. The van der Waals surface area contributed by atoms with Crippen molar-refractivity contribution in [3.8, 4) is 0 Å². The topological polar surface area (TPSA) is 58.6 Å². The van der Waals surface area contributed by atoms with E-state index in [9.17, 15) is 4.79 Å². The third-order valence-corrected chi connectivity index (χ3v) is 3.53. The second-order valence-electron chi connectivity index (χ2n) is 5.03. The lowest BCUT2D eigenvalue weighted by atomic mass is 10.0. The Morgan fingerprint density at radius 1 is 1.37 bits per heavy atom. The van der Waals surface area contributed by atoms with Gasteiger partial charge in [0.15, 0.2) is 0 Å². The number of aliphatic carboxylic acids is 1. The van der Waals surface area contributed by atoms with Gasteiger partial charge in [-0.3, -0.25) is 4.79 Å². The number of carboxylic acids is 1. The summed E-state index contributed by atoms with van der Waals surface area (Å²) in [5, 5.41) is 12.3. The summed E-state index contributed by atoms with van der Waals surface area (Å²) in [6.07, 6.45) is 2.38. The molecule has 104 valence electrons. The maximum Gasteiger partial charge on any atom is 0.307 e. The molecule has 1 aliphatic heterocycles. The first-order valence-electron chi connectivity index (χ1n) is 6.82. The van der Waals surface area contributed by atoms with Crippen LogP contribution in [0.3, 0.4) is 0 Å². The molecule has 0 aromatic heterocycles. The van der Waals surface area contributed by atoms with Gasteiger partial charge in [0.25, 0.3) is 0 Å². The second kappa shape index (κ2) is 7.26. The van der Waals surface area contributed by atoms with Gasteiger partial charge >= 0.3 is 5.97 Å². The van der Waals surface area contributed by atoms with Gasteiger partial charge in [0.1, 0.15) is 0 Å². The van der Waals surface area contributed by atoms with E-state index in [0.717, 1.165) is 50.3 Å². The lowest BCUT2D eigenvalue weighted by Gasteiger charge is -2.11. The Kier molecular flexibility index (Phi) is 5.36. The standard InChI is InChI=1S/C15H21NO3/c17-15(18)9-13-3-1-2-4-14(13)10-16-7-5-12-6-8-19-11-12/h1-4,12,16H,5-11H2,(H,17,18). The van der Waals surface area contributed by atoms with Gasteiger partial charge in [-0.2, -0.15) is 0 Å². The van der Waals surface area contributed by atoms with Crippen LogP contribution in [0.15, 0.2) is 24.3 Å². The van der Waals surface area contributed by atoms with E-state index in [1.54, 1.807) is 0 Å². The lowest BCUT2D eigenvalue weighted by molar-refractivity contribution is -0.136. The summed E-state index contributed by atoms with van der Waals surface area (Å²) >= 11 is 0. The zero-order chi connectivity index (χ0) is 13.5. The molecular formula is C15H21NO3. The van der Waals surface area contributed by atoms with Crippen molar-refractivity contribution in [1.29, 1.82) is 0 Å². The van der Waals surface area contributed by atoms with Crippen molar-refractivity contribution in [2.24, 2.45) is 5.92 Å². The van der Waals surface area contributed by atoms with Crippen molar-refractivity contribution in [2.75, 3.05) is 19.8 Å². The Labute approximate surface area is 113 Å². The number of ether oxygens (including phenoxy) is 1. The van der Waals surface area contributed by atoms with Crippen LogP contribution in [0.1, 0.15) is 24.0 Å². The van der Waals surface area contributed by atoms with E-state index < -0.39 is 5.97 Å². The first-order valence-corrected chi connectivity index (χ1v) is 6.82. The predicted molar refractivity (Wildman–Crippen MR) is 73.0 cm³/mol. The lowest BCUT2D eigenvalue weighted by Crippen LogP contribution is -2.19. The summed E-state index contributed by atoms with van der Waals surface area (Å²) in [6.45, 7) is 3.47. The molecule has 1 fully saturated rings. The van der Waals surface area contributed by atoms with Crippen LogP contribution in [0.2, 0.25) is 0 Å². The average Bonchev–Trinajstić information content (AvgIpc) is 2.89. The van der Waals surface area contributed by atoms with Crippen LogP contribution in [-0.2, 0) is 22.5 Å². The van der Waals surface area contributed by atoms with Crippen molar-refractivity contribution in [1.82, 2.24) is 5.32 Å². The van der Waals surface area contributed by atoms with Gasteiger partial charge in [-0.15, -0.1) is 0 Å². The highest BCUT2D eigenvalue weighted by Crippen LogP contribution is 2.15. The van der Waals surface area contributed by atoms with Crippen molar-refractivity contribution in [2.45, 2.75) is 25.8 Å². The fourth-order valence-electron chi connectivity index (χ4n) is 2.41. The van der Waals surface area contributed by atoms with Crippen LogP contribution in [-0.4, -0.2) is 30.8 Å². The van der Waals surface area contributed by atoms with Crippen LogP contribution >= 0.6 is 0 Å². The number of carbonyl (C=O) groups is 1. The predicted octanol–water partition coefficient (Wildman–Crippen LogP) is 1.83. The van der Waals surface area contributed by atoms with Gasteiger partial charge in [-0.25, -0.2) is 0 Å². The smallest absolute Gasteiger partial charge is 0.307 e. The van der Waals surface area contributed by atoms with Gasteiger partial charge in [0.2, 0.25) is 0 Å². The van der Waals surface area contributed by atoms with Gasteiger partial charge < -0.3 is 15.2 Å². The van der Waals surface area contributed by atoms with E-state index >= 15 is 0 Å². The van der Waals surface area contributed by atoms with Crippen molar-refractivity contribution < 1.29 is 14.6 Å². The summed E-state index contributed by atoms with van der Waals surface area (Å²) in [5.41, 5.74) is 1.97. The molecule has 1 heterocycles. The highest BCUT2D eigenvalue weighted by molar-refractivity contribution is 5.70. The quantitative estimate of drug-likeness (QED) is 0.737. The molecule has 1 unspecified atom stereocenters. The highest BCUT2D eigenvalue weighted by atomic mass is 16.5. The van der Waals surface area contributed by atoms with E-state index in [1.165, 1.54) is 0 Å². The molecule has 0 radical (unpaired) electrons. The number of rotatable bonds is 7. The number of carboxylic acid groups (broad SMARTS) is 1. The van der Waals surface area contributed by atoms with Gasteiger partial charge in [0.05, 0.1) is 6.42 Å². The van der Waals surface area contributed by atoms with Crippen molar-refractivity contribution >= 4 is 5.97 Å². The van der Waals surface area contributed by atoms with E-state index in [4.69, 9.17) is 9.84 Å². The molecule has 0 bridgehead atoms. The van der Waals surface area contributed by atoms with Crippen LogP contribution in [0.25, 0.3) is 0 Å². The normalized spacial score (nSPS) is 18.6. The third kappa shape index (κ3) is 4.65. The highest BCUT2D eigenvalue weighted by Gasteiger charge is 2.14. The molecule has 0 aliphatic carbocycles. The molecule has 0 amide bonds. The summed E-state index contributed by atoms with van der Waals surface area (Å²) in [6, 6.07) is 7.71. The Morgan fingerprint density at radius 2 is 2.16 bits per heavy atom. The average molecular weight is 263 g/mol. The molecule has 1 saturated heterocycles. The van der Waals surface area contributed by atoms with E-state index in [0.29, 0.717) is 5.92 Å². The molecule has 1 atom stereocenters. The molecule has 4 heteroatoms. The summed E-state index contributed by atoms with van der Waals surface area (Å²) < 4.78 is 5.34. The maximum atomic E-state index is 10.8. The minimum Gasteiger partial charge on any atom is -0.481 e. The Morgan fingerprint density at radius 3 is 2.84 bits per heavy atom. The minimum atomic E-state index is -0.782. The van der Waals surface area contributed by atoms with E-state index in [-0.39, 0.29) is 6.42 Å². The first-order chi connectivity index (χ1) is 9.25. The summed E-state index contributed by atoms with van der Waals surface area (Å²) in [7, 11) is 0. The molecule has 0 saturated carbocycles. The SMILES string of the molecule is O=C(O)Cc1ccccc1CNCCC1CCOC1. The number of hydrogen-bond donors (Lipinski definition) is 2. The summed E-state index contributed by atoms with van der Waals surface area (Å²) in [5.74, 6) is -0.0997. The molecule has 2 rings (SSSR count). The van der Waals surface area contributed by atoms with Crippen molar-refractivity contribution in [3.63, 3.8) is 0 Å². The Balaban J connectivity index is 1.76. The number of benzene rings is 1. The van der Waals surface area contributed by atoms with Gasteiger partial charge in [0, 0.05) is 19.8 Å². The fraction of sp³-hybridized carbons (Fsp3) is 0.533.